The van der Waals surface area contributed by atoms with Gasteiger partial charge in [-0.3, -0.25) is 9.00 Å². The van der Waals surface area contributed by atoms with Crippen molar-refractivity contribution in [3.8, 4) is 17.2 Å². The van der Waals surface area contributed by atoms with Crippen LogP contribution in [0.4, 0.5) is 0 Å². The Bertz CT molecular complexity index is 1030. The summed E-state index contributed by atoms with van der Waals surface area (Å²) in [6, 6.07) is 15.7. The normalized spacial score (nSPS) is 11.6. The Labute approximate surface area is 177 Å². The maximum atomic E-state index is 12.5. The van der Waals surface area contributed by atoms with Crippen molar-refractivity contribution < 1.29 is 27.6 Å². The largest absolute Gasteiger partial charge is 0.497 e. The molecule has 158 valence electrons. The number of hydrogen-bond donors (Lipinski definition) is 1. The fourth-order valence-electron chi connectivity index (χ4n) is 2.87. The predicted molar refractivity (Wildman–Crippen MR) is 113 cm³/mol. The van der Waals surface area contributed by atoms with Crippen molar-refractivity contribution in [2.45, 2.75) is 17.2 Å². The molecule has 0 saturated heterocycles. The number of nitrogens with one attached hydrogen (secondary N) is 1. The lowest BCUT2D eigenvalue weighted by molar-refractivity contribution is 0.0921. The molecule has 2 aromatic carbocycles. The van der Waals surface area contributed by atoms with Crippen LogP contribution in [-0.4, -0.2) is 31.4 Å². The van der Waals surface area contributed by atoms with Crippen LogP contribution in [0.5, 0.6) is 17.2 Å². The number of hydrogen-bond acceptors (Lipinski definition) is 6. The third-order valence-electron chi connectivity index (χ3n) is 4.41. The summed E-state index contributed by atoms with van der Waals surface area (Å²) in [6.07, 6.45) is 0. The van der Waals surface area contributed by atoms with Gasteiger partial charge >= 0.3 is 0 Å². The first-order valence-electron chi connectivity index (χ1n) is 9.15. The zero-order valence-electron chi connectivity index (χ0n) is 17.0. The number of ether oxygens (including phenoxy) is 3. The van der Waals surface area contributed by atoms with E-state index < -0.39 is 10.8 Å². The highest BCUT2D eigenvalue weighted by Gasteiger charge is 2.15. The van der Waals surface area contributed by atoms with Crippen LogP contribution < -0.4 is 19.5 Å². The molecule has 0 aliphatic carbocycles. The molecule has 1 atom stereocenters. The third-order valence-corrected chi connectivity index (χ3v) is 5.75. The molecule has 1 N–H and O–H groups in total. The fourth-order valence-corrected chi connectivity index (χ4v) is 3.89. The minimum absolute atomic E-state index is 0.151. The second-order valence-electron chi connectivity index (χ2n) is 6.27. The predicted octanol–water partition coefficient (Wildman–Crippen LogP) is 3.54. The standard InChI is InChI=1S/C22H23NO6S/c1-26-16-7-10-18(11-8-16)30(25)14-17-9-12-20(29-17)22(24)23-13-15-5-4-6-19(27-2)21(15)28-3/h4-12H,13-14H2,1-3H3,(H,23,24)/t30-/m1/s1. The summed E-state index contributed by atoms with van der Waals surface area (Å²) in [6.45, 7) is 0.243. The van der Waals surface area contributed by atoms with Crippen LogP contribution in [0.3, 0.4) is 0 Å². The highest BCUT2D eigenvalue weighted by molar-refractivity contribution is 7.84. The molecule has 3 rings (SSSR count). The van der Waals surface area contributed by atoms with Crippen LogP contribution in [0.15, 0.2) is 63.9 Å². The van der Waals surface area contributed by atoms with E-state index in [1.54, 1.807) is 63.8 Å². The zero-order chi connectivity index (χ0) is 21.5. The van der Waals surface area contributed by atoms with Crippen LogP contribution in [0.2, 0.25) is 0 Å². The van der Waals surface area contributed by atoms with E-state index in [0.29, 0.717) is 27.9 Å². The second-order valence-corrected chi connectivity index (χ2v) is 7.72. The van der Waals surface area contributed by atoms with E-state index >= 15 is 0 Å². The van der Waals surface area contributed by atoms with Crippen LogP contribution in [0, 0.1) is 0 Å². The van der Waals surface area contributed by atoms with E-state index in [1.165, 1.54) is 0 Å². The molecule has 0 radical (unpaired) electrons. The third kappa shape index (κ3) is 5.01. The summed E-state index contributed by atoms with van der Waals surface area (Å²) in [7, 11) is 3.38. The van der Waals surface area contributed by atoms with Crippen molar-refractivity contribution in [3.05, 3.63) is 71.7 Å². The minimum Gasteiger partial charge on any atom is -0.497 e. The molecule has 1 heterocycles. The second kappa shape index (κ2) is 9.98. The van der Waals surface area contributed by atoms with E-state index in [1.807, 2.05) is 12.1 Å². The van der Waals surface area contributed by atoms with Gasteiger partial charge in [-0.2, -0.15) is 0 Å². The van der Waals surface area contributed by atoms with Gasteiger partial charge in [0.1, 0.15) is 11.5 Å². The van der Waals surface area contributed by atoms with Gasteiger partial charge in [-0.15, -0.1) is 0 Å². The van der Waals surface area contributed by atoms with E-state index in [-0.39, 0.29) is 24.0 Å². The Morgan fingerprint density at radius 1 is 0.967 bits per heavy atom. The van der Waals surface area contributed by atoms with Crippen molar-refractivity contribution in [2.24, 2.45) is 0 Å². The average molecular weight is 429 g/mol. The van der Waals surface area contributed by atoms with E-state index in [0.717, 1.165) is 5.56 Å². The maximum absolute atomic E-state index is 12.5. The molecule has 30 heavy (non-hydrogen) atoms. The molecule has 3 aromatic rings. The molecule has 0 spiro atoms. The number of carbonyl (C=O) groups is 1. The average Bonchev–Trinajstić information content (AvgIpc) is 3.25. The summed E-state index contributed by atoms with van der Waals surface area (Å²) < 4.78 is 33.8. The fraction of sp³-hybridized carbons (Fsp3) is 0.227. The van der Waals surface area contributed by atoms with Crippen molar-refractivity contribution in [1.82, 2.24) is 5.32 Å². The molecular weight excluding hydrogens is 406 g/mol. The lowest BCUT2D eigenvalue weighted by Crippen LogP contribution is -2.22. The molecule has 1 aromatic heterocycles. The van der Waals surface area contributed by atoms with E-state index in [4.69, 9.17) is 18.6 Å². The summed E-state index contributed by atoms with van der Waals surface area (Å²) in [4.78, 5) is 13.1. The summed E-state index contributed by atoms with van der Waals surface area (Å²) in [5.41, 5.74) is 0.776. The molecule has 8 heteroatoms. The van der Waals surface area contributed by atoms with Gasteiger partial charge < -0.3 is 23.9 Å². The molecule has 0 bridgehead atoms. The number of carbonyl (C=O) groups excluding carboxylic acids is 1. The minimum atomic E-state index is -1.30. The summed E-state index contributed by atoms with van der Waals surface area (Å²) in [5, 5.41) is 2.79. The van der Waals surface area contributed by atoms with E-state index in [2.05, 4.69) is 5.32 Å². The van der Waals surface area contributed by atoms with Crippen molar-refractivity contribution in [1.29, 1.82) is 0 Å². The van der Waals surface area contributed by atoms with Gasteiger partial charge in [-0.25, -0.2) is 0 Å². The van der Waals surface area contributed by atoms with Crippen molar-refractivity contribution in [2.75, 3.05) is 21.3 Å². The number of amides is 1. The maximum Gasteiger partial charge on any atom is 0.287 e. The molecule has 7 nitrogen and oxygen atoms in total. The summed E-state index contributed by atoms with van der Waals surface area (Å²) >= 11 is 0. The number of furan rings is 1. The Hall–Kier alpha value is -3.26. The number of rotatable bonds is 9. The van der Waals surface area contributed by atoms with E-state index in [9.17, 15) is 9.00 Å². The molecule has 0 saturated carbocycles. The monoisotopic (exact) mass is 429 g/mol. The van der Waals surface area contributed by atoms with Gasteiger partial charge in [-0.05, 0) is 42.5 Å². The molecule has 0 aliphatic rings. The first kappa shape index (κ1) is 21.4. The molecule has 0 fully saturated rings. The van der Waals surface area contributed by atoms with Gasteiger partial charge in [0.05, 0.1) is 37.9 Å². The van der Waals surface area contributed by atoms with Gasteiger partial charge in [-0.1, -0.05) is 12.1 Å². The van der Waals surface area contributed by atoms with Crippen molar-refractivity contribution in [3.63, 3.8) is 0 Å². The molecule has 0 unspecified atom stereocenters. The first-order valence-corrected chi connectivity index (χ1v) is 10.5. The van der Waals surface area contributed by atoms with Gasteiger partial charge in [0.15, 0.2) is 17.3 Å². The Kier molecular flexibility index (Phi) is 7.13. The number of methoxy groups -OCH3 is 3. The highest BCUT2D eigenvalue weighted by Crippen LogP contribution is 2.30. The van der Waals surface area contributed by atoms with Crippen LogP contribution in [-0.2, 0) is 23.1 Å². The van der Waals surface area contributed by atoms with Crippen LogP contribution in [0.25, 0.3) is 0 Å². The van der Waals surface area contributed by atoms with Crippen LogP contribution >= 0.6 is 0 Å². The zero-order valence-corrected chi connectivity index (χ0v) is 17.8. The van der Waals surface area contributed by atoms with Gasteiger partial charge in [0, 0.05) is 17.0 Å². The smallest absolute Gasteiger partial charge is 0.287 e. The Morgan fingerprint density at radius 2 is 1.73 bits per heavy atom. The Morgan fingerprint density at radius 3 is 2.40 bits per heavy atom. The molecule has 1 amide bonds. The lowest BCUT2D eigenvalue weighted by Gasteiger charge is -2.12. The number of benzene rings is 2. The van der Waals surface area contributed by atoms with Crippen molar-refractivity contribution >= 4 is 16.7 Å². The Balaban J connectivity index is 1.61. The first-order chi connectivity index (χ1) is 14.5. The van der Waals surface area contributed by atoms with Gasteiger partial charge in [0.2, 0.25) is 0 Å². The topological polar surface area (TPSA) is 87.0 Å². The molecule has 0 aliphatic heterocycles. The lowest BCUT2D eigenvalue weighted by atomic mass is 10.2. The van der Waals surface area contributed by atoms with Gasteiger partial charge in [0.25, 0.3) is 5.91 Å². The summed E-state index contributed by atoms with van der Waals surface area (Å²) in [5.74, 6) is 2.26. The highest BCUT2D eigenvalue weighted by atomic mass is 32.2. The quantitative estimate of drug-likeness (QED) is 0.560. The SMILES string of the molecule is COc1ccc([S@](=O)Cc2ccc(C(=O)NCc3cccc(OC)c3OC)o2)cc1. The van der Waals surface area contributed by atoms with Crippen LogP contribution in [0.1, 0.15) is 21.9 Å². The molecular formula is C22H23NO6S. The number of para-hydroxylation sites is 1.